The van der Waals surface area contributed by atoms with Crippen LogP contribution in [0.5, 0.6) is 11.5 Å². The van der Waals surface area contributed by atoms with Crippen molar-refractivity contribution in [3.63, 3.8) is 0 Å². The maximum Gasteiger partial charge on any atom is 0.286 e. The number of benzene rings is 1. The largest absolute Gasteiger partial charge is 0.493 e. The predicted molar refractivity (Wildman–Crippen MR) is 94.4 cm³/mol. The molecule has 0 unspecified atom stereocenters. The molecule has 0 aliphatic rings. The lowest BCUT2D eigenvalue weighted by atomic mass is 10.1. The molecule has 0 bridgehead atoms. The maximum absolute atomic E-state index is 12.2. The topological polar surface area (TPSA) is 110 Å². The third-order valence-electron chi connectivity index (χ3n) is 3.76. The van der Waals surface area contributed by atoms with Crippen molar-refractivity contribution in [3.8, 4) is 11.5 Å². The summed E-state index contributed by atoms with van der Waals surface area (Å²) < 4.78 is 10.5. The van der Waals surface area contributed by atoms with Gasteiger partial charge in [-0.05, 0) is 38.5 Å². The summed E-state index contributed by atoms with van der Waals surface area (Å²) in [7, 11) is 1.50. The lowest BCUT2D eigenvalue weighted by Gasteiger charge is -2.11. The number of rotatable bonds is 6. The number of aryl methyl sites for hydroxylation is 1. The van der Waals surface area contributed by atoms with Crippen LogP contribution in [-0.2, 0) is 4.79 Å². The molecule has 2 aromatic rings. The van der Waals surface area contributed by atoms with E-state index in [0.717, 1.165) is 0 Å². The molecule has 8 heteroatoms. The molecule has 26 heavy (non-hydrogen) atoms. The Bertz CT molecular complexity index is 841. The Balaban J connectivity index is 1.92. The number of para-hydroxylation sites is 2. The van der Waals surface area contributed by atoms with E-state index in [9.17, 15) is 14.4 Å². The second kappa shape index (κ2) is 8.19. The fraction of sp³-hybridized carbons (Fsp3) is 0.278. The molecule has 2 rings (SSSR count). The van der Waals surface area contributed by atoms with Crippen molar-refractivity contribution >= 4 is 17.6 Å². The molecule has 8 nitrogen and oxygen atoms in total. The van der Waals surface area contributed by atoms with Gasteiger partial charge in [0.1, 0.15) is 5.69 Å². The van der Waals surface area contributed by atoms with Gasteiger partial charge in [-0.15, -0.1) is 0 Å². The van der Waals surface area contributed by atoms with Crippen molar-refractivity contribution < 1.29 is 23.9 Å². The van der Waals surface area contributed by atoms with Crippen molar-refractivity contribution in [2.75, 3.05) is 13.7 Å². The maximum atomic E-state index is 12.2. The number of ether oxygens (including phenoxy) is 2. The number of hydrazine groups is 1. The van der Waals surface area contributed by atoms with E-state index in [0.29, 0.717) is 28.3 Å². The first-order chi connectivity index (χ1) is 12.3. The molecule has 3 N–H and O–H groups in total. The van der Waals surface area contributed by atoms with Crippen molar-refractivity contribution in [2.24, 2.45) is 0 Å². The molecule has 0 saturated carbocycles. The molecule has 138 valence electrons. The van der Waals surface area contributed by atoms with Crippen LogP contribution >= 0.6 is 0 Å². The van der Waals surface area contributed by atoms with Gasteiger partial charge in [-0.25, -0.2) is 0 Å². The number of nitrogens with one attached hydrogen (secondary N) is 3. The molecule has 1 heterocycles. The summed E-state index contributed by atoms with van der Waals surface area (Å²) in [6.07, 6.45) is 0. The Hall–Kier alpha value is -3.29. The predicted octanol–water partition coefficient (Wildman–Crippen LogP) is 1.68. The van der Waals surface area contributed by atoms with Crippen LogP contribution in [0.15, 0.2) is 24.3 Å². The first-order valence-corrected chi connectivity index (χ1v) is 7.90. The van der Waals surface area contributed by atoms with Gasteiger partial charge in [0.05, 0.1) is 7.11 Å². The second-order valence-electron chi connectivity index (χ2n) is 5.62. The highest BCUT2D eigenvalue weighted by molar-refractivity contribution is 6.02. The van der Waals surface area contributed by atoms with E-state index in [1.54, 1.807) is 38.1 Å². The summed E-state index contributed by atoms with van der Waals surface area (Å²) in [6.45, 7) is 4.51. The van der Waals surface area contributed by atoms with E-state index in [1.807, 2.05) is 0 Å². The van der Waals surface area contributed by atoms with E-state index in [2.05, 4.69) is 15.8 Å². The average molecular weight is 359 g/mol. The molecule has 2 amide bonds. The van der Waals surface area contributed by atoms with Gasteiger partial charge in [-0.3, -0.25) is 25.2 Å². The van der Waals surface area contributed by atoms with Gasteiger partial charge < -0.3 is 14.5 Å². The van der Waals surface area contributed by atoms with Crippen molar-refractivity contribution in [1.29, 1.82) is 0 Å². The minimum absolute atomic E-state index is 0.135. The number of aromatic amines is 1. The summed E-state index contributed by atoms with van der Waals surface area (Å²) in [4.78, 5) is 38.5. The lowest BCUT2D eigenvalue weighted by Crippen LogP contribution is -2.44. The highest BCUT2D eigenvalue weighted by atomic mass is 16.5. The number of hydrogen-bond acceptors (Lipinski definition) is 5. The Labute approximate surface area is 150 Å². The second-order valence-corrected chi connectivity index (χ2v) is 5.62. The van der Waals surface area contributed by atoms with E-state index in [1.165, 1.54) is 14.0 Å². The van der Waals surface area contributed by atoms with E-state index < -0.39 is 11.8 Å². The third-order valence-corrected chi connectivity index (χ3v) is 3.76. The molecule has 0 spiro atoms. The van der Waals surface area contributed by atoms with Gasteiger partial charge in [0, 0.05) is 11.3 Å². The quantitative estimate of drug-likeness (QED) is 0.537. The number of hydrogen-bond donors (Lipinski definition) is 3. The Morgan fingerprint density at radius 3 is 2.31 bits per heavy atom. The molecule has 0 saturated heterocycles. The van der Waals surface area contributed by atoms with E-state index in [4.69, 9.17) is 9.47 Å². The van der Waals surface area contributed by atoms with Gasteiger partial charge in [0.15, 0.2) is 23.9 Å². The Morgan fingerprint density at radius 1 is 1.08 bits per heavy atom. The lowest BCUT2D eigenvalue weighted by molar-refractivity contribution is -0.123. The van der Waals surface area contributed by atoms with Crippen molar-refractivity contribution in [3.05, 3.63) is 46.8 Å². The molecular formula is C18H21N3O5. The first-order valence-electron chi connectivity index (χ1n) is 7.90. The van der Waals surface area contributed by atoms with Crippen molar-refractivity contribution in [1.82, 2.24) is 15.8 Å². The summed E-state index contributed by atoms with van der Waals surface area (Å²) >= 11 is 0. The first kappa shape index (κ1) is 19.0. The van der Waals surface area contributed by atoms with Crippen LogP contribution in [0.2, 0.25) is 0 Å². The monoisotopic (exact) mass is 359 g/mol. The number of aromatic nitrogens is 1. The van der Waals surface area contributed by atoms with Crippen LogP contribution in [0.1, 0.15) is 39.0 Å². The van der Waals surface area contributed by atoms with Gasteiger partial charge in [-0.2, -0.15) is 0 Å². The van der Waals surface area contributed by atoms with Gasteiger partial charge in [-0.1, -0.05) is 12.1 Å². The molecule has 1 aromatic heterocycles. The van der Waals surface area contributed by atoms with Gasteiger partial charge >= 0.3 is 0 Å². The summed E-state index contributed by atoms with van der Waals surface area (Å²) in [5.41, 5.74) is 6.39. The normalized spacial score (nSPS) is 10.2. The van der Waals surface area contributed by atoms with Crippen LogP contribution in [-0.4, -0.2) is 36.3 Å². The zero-order chi connectivity index (χ0) is 19.3. The number of carbonyl (C=O) groups is 3. The standard InChI is InChI=1S/C18H21N3O5/c1-10-16(12(3)22)11(2)19-17(10)18(24)21-20-15(23)9-26-14-8-6-5-7-13(14)25-4/h5-8,19H,9H2,1-4H3,(H,20,23)(H,21,24). The number of carbonyl (C=O) groups excluding carboxylic acids is 3. The zero-order valence-corrected chi connectivity index (χ0v) is 15.1. The summed E-state index contributed by atoms with van der Waals surface area (Å²) in [5.74, 6) is -0.317. The molecular weight excluding hydrogens is 338 g/mol. The SMILES string of the molecule is COc1ccccc1OCC(=O)NNC(=O)c1[nH]c(C)c(C(C)=O)c1C. The fourth-order valence-corrected chi connectivity index (χ4v) is 2.61. The van der Waals surface area contributed by atoms with Gasteiger partial charge in [0.2, 0.25) is 0 Å². The Kier molecular flexibility index (Phi) is 6.00. The van der Waals surface area contributed by atoms with Crippen LogP contribution in [0.25, 0.3) is 0 Å². The van der Waals surface area contributed by atoms with E-state index in [-0.39, 0.29) is 18.1 Å². The number of Topliss-reactive ketones (excluding diaryl/α,β-unsaturated/α-hetero) is 1. The van der Waals surface area contributed by atoms with Crippen LogP contribution in [0.3, 0.4) is 0 Å². The minimum atomic E-state index is -0.552. The summed E-state index contributed by atoms with van der Waals surface area (Å²) in [6, 6.07) is 6.90. The average Bonchev–Trinajstić information content (AvgIpc) is 2.92. The highest BCUT2D eigenvalue weighted by Crippen LogP contribution is 2.25. The molecule has 0 radical (unpaired) electrons. The number of H-pyrrole nitrogens is 1. The number of amides is 2. The highest BCUT2D eigenvalue weighted by Gasteiger charge is 2.20. The molecule has 0 atom stereocenters. The Morgan fingerprint density at radius 2 is 1.73 bits per heavy atom. The minimum Gasteiger partial charge on any atom is -0.493 e. The van der Waals surface area contributed by atoms with Crippen LogP contribution < -0.4 is 20.3 Å². The summed E-state index contributed by atoms with van der Waals surface area (Å²) in [5, 5.41) is 0. The number of ketones is 1. The fourth-order valence-electron chi connectivity index (χ4n) is 2.61. The smallest absolute Gasteiger partial charge is 0.286 e. The number of methoxy groups -OCH3 is 1. The van der Waals surface area contributed by atoms with Crippen molar-refractivity contribution in [2.45, 2.75) is 20.8 Å². The van der Waals surface area contributed by atoms with E-state index >= 15 is 0 Å². The molecule has 1 aromatic carbocycles. The molecule has 0 aliphatic carbocycles. The third kappa shape index (κ3) is 4.21. The van der Waals surface area contributed by atoms with Gasteiger partial charge in [0.25, 0.3) is 11.8 Å². The molecule has 0 fully saturated rings. The van der Waals surface area contributed by atoms with Crippen LogP contribution in [0.4, 0.5) is 0 Å². The van der Waals surface area contributed by atoms with Crippen LogP contribution in [0, 0.1) is 13.8 Å². The molecule has 0 aliphatic heterocycles. The zero-order valence-electron chi connectivity index (χ0n) is 15.1.